The summed E-state index contributed by atoms with van der Waals surface area (Å²) in [6, 6.07) is 8.26. The predicted molar refractivity (Wildman–Crippen MR) is 65.4 cm³/mol. The van der Waals surface area contributed by atoms with Crippen molar-refractivity contribution in [2.24, 2.45) is 0 Å². The molecular weight excluding hydrogens is 212 g/mol. The van der Waals surface area contributed by atoms with E-state index in [0.717, 1.165) is 17.2 Å². The van der Waals surface area contributed by atoms with Crippen LogP contribution in [0.25, 0.3) is 11.4 Å². The number of hydrogen-bond acceptors (Lipinski definition) is 2. The standard InChI is InChI=1S/C13H12N4/c1-11-15-6-8-17(11)13-4-2-3-12(9-13)16-7-5-14-10-16/h2-10H,1H3. The Morgan fingerprint density at radius 1 is 1.06 bits per heavy atom. The van der Waals surface area contributed by atoms with Crippen molar-refractivity contribution in [3.8, 4) is 11.4 Å². The van der Waals surface area contributed by atoms with E-state index in [2.05, 4.69) is 32.7 Å². The molecule has 0 bridgehead atoms. The molecule has 0 aliphatic carbocycles. The van der Waals surface area contributed by atoms with Crippen molar-refractivity contribution in [2.45, 2.75) is 6.92 Å². The Kier molecular flexibility index (Phi) is 2.26. The molecule has 4 heteroatoms. The molecule has 0 fully saturated rings. The molecule has 0 atom stereocenters. The molecule has 0 unspecified atom stereocenters. The van der Waals surface area contributed by atoms with Crippen LogP contribution in [0.3, 0.4) is 0 Å². The molecule has 3 aromatic rings. The zero-order valence-electron chi connectivity index (χ0n) is 9.49. The van der Waals surface area contributed by atoms with Crippen LogP contribution in [0.15, 0.2) is 55.4 Å². The zero-order valence-corrected chi connectivity index (χ0v) is 9.49. The van der Waals surface area contributed by atoms with E-state index >= 15 is 0 Å². The molecule has 0 saturated heterocycles. The monoisotopic (exact) mass is 224 g/mol. The van der Waals surface area contributed by atoms with Gasteiger partial charge in [-0.3, -0.25) is 0 Å². The number of aryl methyl sites for hydroxylation is 1. The molecule has 84 valence electrons. The molecule has 4 nitrogen and oxygen atoms in total. The first-order chi connectivity index (χ1) is 8.34. The van der Waals surface area contributed by atoms with E-state index in [1.807, 2.05) is 30.0 Å². The molecule has 0 aliphatic heterocycles. The first-order valence-electron chi connectivity index (χ1n) is 5.43. The quantitative estimate of drug-likeness (QED) is 0.670. The zero-order chi connectivity index (χ0) is 11.7. The Balaban J connectivity index is 2.09. The van der Waals surface area contributed by atoms with Gasteiger partial charge in [0.1, 0.15) is 5.82 Å². The van der Waals surface area contributed by atoms with Crippen molar-refractivity contribution in [2.75, 3.05) is 0 Å². The minimum absolute atomic E-state index is 0.979. The third kappa shape index (κ3) is 1.73. The fraction of sp³-hybridized carbons (Fsp3) is 0.0769. The number of aromatic nitrogens is 4. The normalized spacial score (nSPS) is 10.6. The lowest BCUT2D eigenvalue weighted by Crippen LogP contribution is -1.97. The summed E-state index contributed by atoms with van der Waals surface area (Å²) < 4.78 is 4.04. The van der Waals surface area contributed by atoms with Gasteiger partial charge in [-0.2, -0.15) is 0 Å². The molecule has 1 aromatic carbocycles. The van der Waals surface area contributed by atoms with Gasteiger partial charge in [0.15, 0.2) is 0 Å². The van der Waals surface area contributed by atoms with E-state index in [1.165, 1.54) is 0 Å². The third-order valence-corrected chi connectivity index (χ3v) is 2.74. The van der Waals surface area contributed by atoms with Crippen molar-refractivity contribution in [1.82, 2.24) is 19.1 Å². The van der Waals surface area contributed by atoms with Crippen LogP contribution < -0.4 is 0 Å². The fourth-order valence-corrected chi connectivity index (χ4v) is 1.87. The number of rotatable bonds is 2. The number of nitrogens with zero attached hydrogens (tertiary/aromatic N) is 4. The second kappa shape index (κ2) is 3.90. The molecular formula is C13H12N4. The topological polar surface area (TPSA) is 35.6 Å². The Hall–Kier alpha value is -2.36. The fourth-order valence-electron chi connectivity index (χ4n) is 1.87. The van der Waals surface area contributed by atoms with E-state index in [9.17, 15) is 0 Å². The van der Waals surface area contributed by atoms with Gasteiger partial charge in [-0.1, -0.05) is 6.07 Å². The Bertz CT molecular complexity index is 622. The van der Waals surface area contributed by atoms with Gasteiger partial charge >= 0.3 is 0 Å². The summed E-state index contributed by atoms with van der Waals surface area (Å²) in [5, 5.41) is 0. The minimum Gasteiger partial charge on any atom is -0.306 e. The summed E-state index contributed by atoms with van der Waals surface area (Å²) in [6.07, 6.45) is 9.26. The van der Waals surface area contributed by atoms with Crippen LogP contribution in [-0.4, -0.2) is 19.1 Å². The number of hydrogen-bond donors (Lipinski definition) is 0. The second-order valence-corrected chi connectivity index (χ2v) is 3.83. The van der Waals surface area contributed by atoms with E-state index in [-0.39, 0.29) is 0 Å². The number of benzene rings is 1. The average Bonchev–Trinajstić information content (AvgIpc) is 2.99. The third-order valence-electron chi connectivity index (χ3n) is 2.74. The highest BCUT2D eigenvalue weighted by Gasteiger charge is 2.02. The average molecular weight is 224 g/mol. The van der Waals surface area contributed by atoms with Gasteiger partial charge < -0.3 is 9.13 Å². The van der Waals surface area contributed by atoms with Crippen LogP contribution in [0.2, 0.25) is 0 Å². The van der Waals surface area contributed by atoms with Crippen LogP contribution in [0.4, 0.5) is 0 Å². The molecule has 0 radical (unpaired) electrons. The molecule has 0 amide bonds. The van der Waals surface area contributed by atoms with Gasteiger partial charge in [-0.05, 0) is 25.1 Å². The lowest BCUT2D eigenvalue weighted by Gasteiger charge is -2.08. The lowest BCUT2D eigenvalue weighted by molar-refractivity contribution is 0.966. The summed E-state index contributed by atoms with van der Waals surface area (Å²) in [5.41, 5.74) is 2.19. The SMILES string of the molecule is Cc1nccn1-c1cccc(-n2ccnc2)c1. The Morgan fingerprint density at radius 3 is 2.65 bits per heavy atom. The first kappa shape index (κ1) is 9.84. The Morgan fingerprint density at radius 2 is 1.94 bits per heavy atom. The van der Waals surface area contributed by atoms with Gasteiger partial charge in [0.25, 0.3) is 0 Å². The minimum atomic E-state index is 0.979. The van der Waals surface area contributed by atoms with Crippen molar-refractivity contribution in [3.63, 3.8) is 0 Å². The molecule has 0 saturated carbocycles. The first-order valence-corrected chi connectivity index (χ1v) is 5.43. The van der Waals surface area contributed by atoms with Crippen molar-refractivity contribution in [1.29, 1.82) is 0 Å². The predicted octanol–water partition coefficient (Wildman–Crippen LogP) is 2.37. The summed E-state index contributed by atoms with van der Waals surface area (Å²) in [6.45, 7) is 1.99. The lowest BCUT2D eigenvalue weighted by atomic mass is 10.2. The molecule has 3 rings (SSSR count). The summed E-state index contributed by atoms with van der Waals surface area (Å²) in [5.74, 6) is 0.979. The van der Waals surface area contributed by atoms with Crippen LogP contribution >= 0.6 is 0 Å². The van der Waals surface area contributed by atoms with Gasteiger partial charge in [-0.25, -0.2) is 9.97 Å². The van der Waals surface area contributed by atoms with Gasteiger partial charge in [0.05, 0.1) is 6.33 Å². The van der Waals surface area contributed by atoms with Crippen LogP contribution in [0.1, 0.15) is 5.82 Å². The largest absolute Gasteiger partial charge is 0.306 e. The molecule has 0 spiro atoms. The summed E-state index contributed by atoms with van der Waals surface area (Å²) in [7, 11) is 0. The van der Waals surface area contributed by atoms with E-state index < -0.39 is 0 Å². The van der Waals surface area contributed by atoms with Gasteiger partial charge in [0, 0.05) is 36.2 Å². The van der Waals surface area contributed by atoms with E-state index in [4.69, 9.17) is 0 Å². The highest BCUT2D eigenvalue weighted by Crippen LogP contribution is 2.15. The maximum Gasteiger partial charge on any atom is 0.110 e. The molecule has 0 N–H and O–H groups in total. The van der Waals surface area contributed by atoms with Crippen LogP contribution in [0, 0.1) is 6.92 Å². The van der Waals surface area contributed by atoms with E-state index in [1.54, 1.807) is 18.7 Å². The highest BCUT2D eigenvalue weighted by atomic mass is 15.1. The van der Waals surface area contributed by atoms with Crippen LogP contribution in [-0.2, 0) is 0 Å². The second-order valence-electron chi connectivity index (χ2n) is 3.83. The molecule has 0 aliphatic rings. The maximum absolute atomic E-state index is 4.23. The Labute approximate surface area is 99.2 Å². The van der Waals surface area contributed by atoms with Gasteiger partial charge in [-0.15, -0.1) is 0 Å². The molecule has 17 heavy (non-hydrogen) atoms. The highest BCUT2D eigenvalue weighted by molar-refractivity contribution is 5.44. The van der Waals surface area contributed by atoms with Crippen molar-refractivity contribution in [3.05, 3.63) is 61.2 Å². The van der Waals surface area contributed by atoms with Crippen molar-refractivity contribution >= 4 is 0 Å². The van der Waals surface area contributed by atoms with Gasteiger partial charge in [0.2, 0.25) is 0 Å². The smallest absolute Gasteiger partial charge is 0.110 e. The van der Waals surface area contributed by atoms with Crippen molar-refractivity contribution < 1.29 is 0 Å². The van der Waals surface area contributed by atoms with E-state index in [0.29, 0.717) is 0 Å². The van der Waals surface area contributed by atoms with Crippen LogP contribution in [0.5, 0.6) is 0 Å². The summed E-state index contributed by atoms with van der Waals surface area (Å²) >= 11 is 0. The number of imidazole rings is 2. The maximum atomic E-state index is 4.23. The molecule has 2 aromatic heterocycles. The summed E-state index contributed by atoms with van der Waals surface area (Å²) in [4.78, 5) is 8.28. The molecule has 2 heterocycles.